The van der Waals surface area contributed by atoms with Gasteiger partial charge in [-0.3, -0.25) is 0 Å². The quantitative estimate of drug-likeness (QED) is 0.0633. The Labute approximate surface area is 264 Å². The minimum absolute atomic E-state index is 0.131. The number of benzene rings is 3. The fourth-order valence-electron chi connectivity index (χ4n) is 4.71. The van der Waals surface area contributed by atoms with E-state index >= 15 is 0 Å². The summed E-state index contributed by atoms with van der Waals surface area (Å²) in [5.41, 5.74) is 2.53. The Balaban J connectivity index is 1.41. The maximum Gasteiger partial charge on any atom is 0.343 e. The van der Waals surface area contributed by atoms with Gasteiger partial charge in [-0.2, -0.15) is 0 Å². The predicted octanol–water partition coefficient (Wildman–Crippen LogP) is 9.95. The molecule has 0 spiro atoms. The van der Waals surface area contributed by atoms with Crippen molar-refractivity contribution in [1.82, 2.24) is 0 Å². The van der Waals surface area contributed by atoms with Gasteiger partial charge in [-0.05, 0) is 99.0 Å². The SMILES string of the molecule is CCCCCCCCCOc1ccc(C#Cc2ccc(C(=O)Oc3ccc(C(=O)OC(C)CCCCCC)cc3)cc2)cc1. The number of unbranched alkanes of at least 4 members (excludes halogenated alkanes) is 9. The van der Waals surface area contributed by atoms with Crippen LogP contribution in [0.5, 0.6) is 11.5 Å². The molecule has 0 bridgehead atoms. The summed E-state index contributed by atoms with van der Waals surface area (Å²) in [6.45, 7) is 7.07. The van der Waals surface area contributed by atoms with Crippen molar-refractivity contribution in [3.63, 3.8) is 0 Å². The van der Waals surface area contributed by atoms with Crippen molar-refractivity contribution in [3.05, 3.63) is 95.1 Å². The minimum atomic E-state index is -0.479. The highest BCUT2D eigenvalue weighted by atomic mass is 16.5. The third-order valence-electron chi connectivity index (χ3n) is 7.42. The molecule has 0 N–H and O–H groups in total. The van der Waals surface area contributed by atoms with Crippen LogP contribution in [0.2, 0.25) is 0 Å². The Bertz CT molecular complexity index is 1310. The molecule has 1 unspecified atom stereocenters. The molecule has 0 aromatic heterocycles. The van der Waals surface area contributed by atoms with Gasteiger partial charge in [-0.1, -0.05) is 83.5 Å². The summed E-state index contributed by atoms with van der Waals surface area (Å²) in [5.74, 6) is 6.67. The smallest absolute Gasteiger partial charge is 0.343 e. The van der Waals surface area contributed by atoms with E-state index in [4.69, 9.17) is 14.2 Å². The lowest BCUT2D eigenvalue weighted by molar-refractivity contribution is 0.0319. The third-order valence-corrected chi connectivity index (χ3v) is 7.42. The summed E-state index contributed by atoms with van der Waals surface area (Å²) in [7, 11) is 0. The summed E-state index contributed by atoms with van der Waals surface area (Å²) >= 11 is 0. The van der Waals surface area contributed by atoms with Crippen LogP contribution in [-0.4, -0.2) is 24.6 Å². The molecule has 0 fully saturated rings. The van der Waals surface area contributed by atoms with Gasteiger partial charge < -0.3 is 14.2 Å². The van der Waals surface area contributed by atoms with Crippen molar-refractivity contribution in [2.75, 3.05) is 6.61 Å². The van der Waals surface area contributed by atoms with Crippen molar-refractivity contribution in [3.8, 4) is 23.3 Å². The number of carbonyl (C=O) groups excluding carboxylic acids is 2. The molecule has 0 saturated heterocycles. The summed E-state index contributed by atoms with van der Waals surface area (Å²) in [4.78, 5) is 25.1. The normalized spacial score (nSPS) is 11.2. The van der Waals surface area contributed by atoms with Crippen molar-refractivity contribution >= 4 is 11.9 Å². The Morgan fingerprint density at radius 3 is 1.68 bits per heavy atom. The van der Waals surface area contributed by atoms with Crippen LogP contribution in [0, 0.1) is 11.8 Å². The van der Waals surface area contributed by atoms with Gasteiger partial charge in [-0.15, -0.1) is 0 Å². The fourth-order valence-corrected chi connectivity index (χ4v) is 4.71. The second-order valence-electron chi connectivity index (χ2n) is 11.3. The minimum Gasteiger partial charge on any atom is -0.494 e. The molecule has 0 aliphatic heterocycles. The summed E-state index contributed by atoms with van der Waals surface area (Å²) in [5, 5.41) is 0. The second kappa shape index (κ2) is 20.0. The maximum absolute atomic E-state index is 12.7. The van der Waals surface area contributed by atoms with Crippen LogP contribution in [0.1, 0.15) is 130 Å². The van der Waals surface area contributed by atoms with Crippen LogP contribution in [0.25, 0.3) is 0 Å². The molecule has 234 valence electrons. The van der Waals surface area contributed by atoms with Gasteiger partial charge in [0, 0.05) is 11.1 Å². The molecule has 3 rings (SSSR count). The van der Waals surface area contributed by atoms with E-state index in [0.29, 0.717) is 16.9 Å². The highest BCUT2D eigenvalue weighted by Gasteiger charge is 2.13. The number of hydrogen-bond donors (Lipinski definition) is 0. The molecule has 3 aromatic rings. The average molecular weight is 597 g/mol. The Kier molecular flexibility index (Phi) is 15.7. The van der Waals surface area contributed by atoms with Gasteiger partial charge in [0.1, 0.15) is 11.5 Å². The highest BCUT2D eigenvalue weighted by molar-refractivity contribution is 5.92. The van der Waals surface area contributed by atoms with Crippen molar-refractivity contribution in [2.45, 2.75) is 104 Å². The van der Waals surface area contributed by atoms with Crippen LogP contribution in [0.4, 0.5) is 0 Å². The van der Waals surface area contributed by atoms with E-state index in [1.165, 1.54) is 51.4 Å². The summed E-state index contributed by atoms with van der Waals surface area (Å²) in [6, 6.07) is 21.2. The van der Waals surface area contributed by atoms with E-state index in [1.54, 1.807) is 48.5 Å². The molecule has 5 heteroatoms. The number of hydrogen-bond acceptors (Lipinski definition) is 5. The van der Waals surface area contributed by atoms with Crippen LogP contribution >= 0.6 is 0 Å². The number of carbonyl (C=O) groups is 2. The molecular weight excluding hydrogens is 548 g/mol. The molecule has 0 radical (unpaired) electrons. The van der Waals surface area contributed by atoms with E-state index in [0.717, 1.165) is 49.2 Å². The predicted molar refractivity (Wildman–Crippen MR) is 177 cm³/mol. The first-order valence-corrected chi connectivity index (χ1v) is 16.4. The van der Waals surface area contributed by atoms with Gasteiger partial charge >= 0.3 is 11.9 Å². The molecule has 0 amide bonds. The Morgan fingerprint density at radius 1 is 0.591 bits per heavy atom. The summed E-state index contributed by atoms with van der Waals surface area (Å²) in [6.07, 6.45) is 14.2. The van der Waals surface area contributed by atoms with E-state index in [2.05, 4.69) is 25.7 Å². The molecular formula is C39H48O5. The van der Waals surface area contributed by atoms with Gasteiger partial charge in [0.15, 0.2) is 0 Å². The van der Waals surface area contributed by atoms with Crippen LogP contribution < -0.4 is 9.47 Å². The lowest BCUT2D eigenvalue weighted by Crippen LogP contribution is -2.15. The lowest BCUT2D eigenvalue weighted by atomic mass is 10.1. The van der Waals surface area contributed by atoms with Crippen LogP contribution in [0.15, 0.2) is 72.8 Å². The van der Waals surface area contributed by atoms with Crippen molar-refractivity contribution in [1.29, 1.82) is 0 Å². The number of esters is 2. The first-order valence-electron chi connectivity index (χ1n) is 16.4. The number of rotatable bonds is 18. The highest BCUT2D eigenvalue weighted by Crippen LogP contribution is 2.18. The number of ether oxygens (including phenoxy) is 3. The largest absolute Gasteiger partial charge is 0.494 e. The van der Waals surface area contributed by atoms with Gasteiger partial charge in [0.25, 0.3) is 0 Å². The molecule has 0 aliphatic carbocycles. The topological polar surface area (TPSA) is 61.8 Å². The first-order chi connectivity index (χ1) is 21.5. The Morgan fingerprint density at radius 2 is 1.07 bits per heavy atom. The second-order valence-corrected chi connectivity index (χ2v) is 11.3. The van der Waals surface area contributed by atoms with Crippen molar-refractivity contribution in [2.24, 2.45) is 0 Å². The molecule has 0 saturated carbocycles. The monoisotopic (exact) mass is 596 g/mol. The van der Waals surface area contributed by atoms with Crippen molar-refractivity contribution < 1.29 is 23.8 Å². The van der Waals surface area contributed by atoms with E-state index in [-0.39, 0.29) is 12.1 Å². The van der Waals surface area contributed by atoms with E-state index in [1.807, 2.05) is 31.2 Å². The van der Waals surface area contributed by atoms with Crippen LogP contribution in [-0.2, 0) is 4.74 Å². The maximum atomic E-state index is 12.7. The lowest BCUT2D eigenvalue weighted by Gasteiger charge is -2.13. The Hall–Kier alpha value is -4.04. The molecule has 0 aliphatic rings. The van der Waals surface area contributed by atoms with Gasteiger partial charge in [0.2, 0.25) is 0 Å². The fraction of sp³-hybridized carbons (Fsp3) is 0.436. The zero-order chi connectivity index (χ0) is 31.4. The molecule has 44 heavy (non-hydrogen) atoms. The molecule has 5 nitrogen and oxygen atoms in total. The average Bonchev–Trinajstić information content (AvgIpc) is 3.04. The summed E-state index contributed by atoms with van der Waals surface area (Å²) < 4.78 is 16.9. The van der Waals surface area contributed by atoms with E-state index < -0.39 is 5.97 Å². The molecule has 1 atom stereocenters. The first kappa shape index (κ1) is 34.5. The zero-order valence-electron chi connectivity index (χ0n) is 26.7. The standard InChI is InChI=1S/C39H48O5/c1-4-6-8-10-11-12-14-30-42-36-26-20-33(21-27-36)17-16-32-18-22-34(23-19-32)39(41)44-37-28-24-35(25-29-37)38(40)43-31(3)15-13-9-7-5-2/h18-29,31H,4-15,30H2,1-3H3. The molecule has 0 heterocycles. The third kappa shape index (κ3) is 13.1. The zero-order valence-corrected chi connectivity index (χ0v) is 26.7. The molecule has 3 aromatic carbocycles. The van der Waals surface area contributed by atoms with E-state index in [9.17, 15) is 9.59 Å². The van der Waals surface area contributed by atoms with Crippen LogP contribution in [0.3, 0.4) is 0 Å². The van der Waals surface area contributed by atoms with Gasteiger partial charge in [-0.25, -0.2) is 9.59 Å². The van der Waals surface area contributed by atoms with Gasteiger partial charge in [0.05, 0.1) is 23.8 Å².